The summed E-state index contributed by atoms with van der Waals surface area (Å²) >= 11 is 0. The molecule has 10 heteroatoms. The van der Waals surface area contributed by atoms with Gasteiger partial charge in [0.1, 0.15) is 6.29 Å². The zero-order valence-corrected chi connectivity index (χ0v) is 15.5. The Morgan fingerprint density at radius 2 is 2.08 bits per heavy atom. The number of ether oxygens (including phenoxy) is 2. The molecule has 0 aromatic carbocycles. The molecular weight excluding hydrogens is 344 g/mol. The summed E-state index contributed by atoms with van der Waals surface area (Å²) in [7, 11) is 0. The summed E-state index contributed by atoms with van der Waals surface area (Å²) in [6.07, 6.45) is 1.66. The van der Waals surface area contributed by atoms with Gasteiger partial charge >= 0.3 is 5.82 Å². The number of amides is 1. The van der Waals surface area contributed by atoms with Crippen LogP contribution in [0.3, 0.4) is 0 Å². The first-order valence-corrected chi connectivity index (χ1v) is 8.24. The molecular formula is C16H26N4O6. The number of aromatic nitrogens is 2. The summed E-state index contributed by atoms with van der Waals surface area (Å²) in [5, 5.41) is 19.2. The minimum Gasteiger partial charge on any atom is -0.378 e. The van der Waals surface area contributed by atoms with Gasteiger partial charge in [-0.25, -0.2) is 0 Å². The van der Waals surface area contributed by atoms with Gasteiger partial charge in [0.2, 0.25) is 0 Å². The summed E-state index contributed by atoms with van der Waals surface area (Å²) in [5.74, 6) is -0.844. The zero-order chi connectivity index (χ0) is 19.8. The molecule has 0 saturated heterocycles. The summed E-state index contributed by atoms with van der Waals surface area (Å²) in [5.41, 5.74) is -1.17. The average molecular weight is 370 g/mol. The number of rotatable bonds is 12. The second kappa shape index (κ2) is 9.39. The predicted octanol–water partition coefficient (Wildman–Crippen LogP) is 1.62. The minimum absolute atomic E-state index is 0.0467. The molecule has 0 aliphatic carbocycles. The van der Waals surface area contributed by atoms with Crippen LogP contribution in [0.4, 0.5) is 5.82 Å². The van der Waals surface area contributed by atoms with Crippen LogP contribution in [-0.4, -0.2) is 58.3 Å². The van der Waals surface area contributed by atoms with Gasteiger partial charge in [0.05, 0.1) is 24.9 Å². The molecule has 26 heavy (non-hydrogen) atoms. The highest BCUT2D eigenvalue weighted by atomic mass is 16.6. The fourth-order valence-electron chi connectivity index (χ4n) is 2.03. The molecule has 0 bridgehead atoms. The third-order valence-corrected chi connectivity index (χ3v) is 3.50. The van der Waals surface area contributed by atoms with E-state index in [-0.39, 0.29) is 11.5 Å². The lowest BCUT2D eigenvalue weighted by Gasteiger charge is -2.30. The monoisotopic (exact) mass is 370 g/mol. The van der Waals surface area contributed by atoms with Crippen molar-refractivity contribution in [2.75, 3.05) is 19.8 Å². The van der Waals surface area contributed by atoms with Crippen LogP contribution >= 0.6 is 0 Å². The maximum atomic E-state index is 12.2. The average Bonchev–Trinajstić information content (AvgIpc) is 3.01. The number of nitrogens with zero attached hydrogens (tertiary/aromatic N) is 2. The molecule has 0 atom stereocenters. The molecule has 0 unspecified atom stereocenters. The third kappa shape index (κ3) is 7.70. The van der Waals surface area contributed by atoms with Crippen LogP contribution in [0.25, 0.3) is 0 Å². The van der Waals surface area contributed by atoms with Crippen molar-refractivity contribution in [2.24, 2.45) is 0 Å². The third-order valence-electron chi connectivity index (χ3n) is 3.50. The smallest absolute Gasteiger partial charge is 0.343 e. The Bertz CT molecular complexity index is 626. The van der Waals surface area contributed by atoms with Crippen LogP contribution in [-0.2, 0) is 14.3 Å². The molecule has 1 rings (SSSR count). The van der Waals surface area contributed by atoms with Crippen LogP contribution < -0.4 is 5.32 Å². The Balaban J connectivity index is 2.43. The summed E-state index contributed by atoms with van der Waals surface area (Å²) < 4.78 is 11.2. The number of nitro groups is 1. The lowest BCUT2D eigenvalue weighted by Crippen LogP contribution is -2.45. The van der Waals surface area contributed by atoms with Crippen molar-refractivity contribution in [3.63, 3.8) is 0 Å². The van der Waals surface area contributed by atoms with Gasteiger partial charge in [0.15, 0.2) is 5.69 Å². The largest absolute Gasteiger partial charge is 0.378 e. The lowest BCUT2D eigenvalue weighted by molar-refractivity contribution is -0.389. The van der Waals surface area contributed by atoms with E-state index in [2.05, 4.69) is 15.5 Å². The van der Waals surface area contributed by atoms with E-state index in [0.29, 0.717) is 32.7 Å². The van der Waals surface area contributed by atoms with Gasteiger partial charge in [-0.2, -0.15) is 0 Å². The van der Waals surface area contributed by atoms with Gasteiger partial charge in [-0.3, -0.25) is 4.79 Å². The number of carbonyl (C=O) groups excluding carboxylic acids is 2. The molecule has 0 saturated carbocycles. The van der Waals surface area contributed by atoms with Gasteiger partial charge in [-0.1, -0.05) is 5.10 Å². The number of aldehydes is 1. The number of hydrogen-bond acceptors (Lipinski definition) is 7. The number of aromatic amines is 1. The van der Waals surface area contributed by atoms with Crippen molar-refractivity contribution in [1.82, 2.24) is 15.5 Å². The van der Waals surface area contributed by atoms with E-state index in [1.54, 1.807) is 0 Å². The maximum absolute atomic E-state index is 12.2. The lowest BCUT2D eigenvalue weighted by atomic mass is 10.0. The van der Waals surface area contributed by atoms with Gasteiger partial charge < -0.3 is 29.7 Å². The molecule has 1 amide bonds. The van der Waals surface area contributed by atoms with Crippen molar-refractivity contribution >= 4 is 18.0 Å². The first-order chi connectivity index (χ1) is 12.1. The van der Waals surface area contributed by atoms with Crippen LogP contribution in [0.2, 0.25) is 0 Å². The number of hydrogen-bond donors (Lipinski definition) is 2. The number of nitrogens with one attached hydrogen (secondary N) is 2. The fraction of sp³-hybridized carbons (Fsp3) is 0.688. The summed E-state index contributed by atoms with van der Waals surface area (Å²) in [6.45, 7) is 8.48. The van der Waals surface area contributed by atoms with E-state index in [0.717, 1.165) is 12.4 Å². The zero-order valence-electron chi connectivity index (χ0n) is 15.5. The van der Waals surface area contributed by atoms with Crippen LogP contribution in [0.15, 0.2) is 6.07 Å². The van der Waals surface area contributed by atoms with Gasteiger partial charge in [0.25, 0.3) is 5.91 Å². The predicted molar refractivity (Wildman–Crippen MR) is 92.9 cm³/mol. The SMILES string of the molecule is CC(C)(CCOC(C)(C)COCCC=O)NC(=O)c1cc([N+](=O)[O-])[nH]n1. The molecule has 2 N–H and O–H groups in total. The van der Waals surface area contributed by atoms with Gasteiger partial charge in [0, 0.05) is 18.6 Å². The van der Waals surface area contributed by atoms with Crippen molar-refractivity contribution in [3.8, 4) is 0 Å². The molecule has 0 radical (unpaired) electrons. The van der Waals surface area contributed by atoms with E-state index < -0.39 is 22.0 Å². The van der Waals surface area contributed by atoms with E-state index >= 15 is 0 Å². The van der Waals surface area contributed by atoms with E-state index in [1.165, 1.54) is 0 Å². The minimum atomic E-state index is -0.651. The van der Waals surface area contributed by atoms with Crippen molar-refractivity contribution < 1.29 is 24.0 Å². The van der Waals surface area contributed by atoms with Gasteiger partial charge in [-0.15, -0.1) is 5.10 Å². The summed E-state index contributed by atoms with van der Waals surface area (Å²) in [4.78, 5) is 32.4. The Morgan fingerprint density at radius 3 is 2.65 bits per heavy atom. The van der Waals surface area contributed by atoms with Crippen LogP contribution in [0, 0.1) is 10.1 Å². The fourth-order valence-corrected chi connectivity index (χ4v) is 2.03. The highest BCUT2D eigenvalue weighted by Crippen LogP contribution is 2.16. The second-order valence-corrected chi connectivity index (χ2v) is 7.10. The quantitative estimate of drug-likeness (QED) is 0.247. The van der Waals surface area contributed by atoms with Crippen molar-refractivity contribution in [2.45, 2.75) is 51.7 Å². The normalized spacial score (nSPS) is 12.0. The molecule has 10 nitrogen and oxygen atoms in total. The van der Waals surface area contributed by atoms with E-state index in [9.17, 15) is 19.7 Å². The second-order valence-electron chi connectivity index (χ2n) is 7.10. The van der Waals surface area contributed by atoms with Crippen LogP contribution in [0.5, 0.6) is 0 Å². The molecule has 0 aliphatic rings. The molecule has 146 valence electrons. The Hall–Kier alpha value is -2.33. The highest BCUT2D eigenvalue weighted by Gasteiger charge is 2.26. The maximum Gasteiger partial charge on any atom is 0.343 e. The number of H-pyrrole nitrogens is 1. The molecule has 0 aliphatic heterocycles. The summed E-state index contributed by atoms with van der Waals surface area (Å²) in [6, 6.07) is 1.09. The van der Waals surface area contributed by atoms with Crippen molar-refractivity contribution in [3.05, 3.63) is 21.9 Å². The molecule has 1 aromatic heterocycles. The van der Waals surface area contributed by atoms with E-state index in [1.807, 2.05) is 27.7 Å². The Kier molecular flexibility index (Phi) is 7.84. The molecule has 1 heterocycles. The Labute approximate surface area is 151 Å². The number of carbonyl (C=O) groups is 2. The standard InChI is InChI=1S/C16H26N4O6/c1-15(2,6-9-26-16(3,4)11-25-8-5-7-21)17-14(22)12-10-13(19-18-12)20(23)24/h7,10H,5-6,8-9,11H2,1-4H3,(H,17,22)(H,18,19). The van der Waals surface area contributed by atoms with E-state index in [4.69, 9.17) is 9.47 Å². The van der Waals surface area contributed by atoms with Crippen LogP contribution in [0.1, 0.15) is 51.0 Å². The topological polar surface area (TPSA) is 136 Å². The first kappa shape index (κ1) is 21.7. The van der Waals surface area contributed by atoms with Crippen molar-refractivity contribution in [1.29, 1.82) is 0 Å². The molecule has 0 spiro atoms. The molecule has 0 fully saturated rings. The molecule has 1 aromatic rings. The highest BCUT2D eigenvalue weighted by molar-refractivity contribution is 5.93. The first-order valence-electron chi connectivity index (χ1n) is 8.24. The van der Waals surface area contributed by atoms with Gasteiger partial charge in [-0.05, 0) is 39.0 Å². The Morgan fingerprint density at radius 1 is 1.38 bits per heavy atom.